The minimum Gasteiger partial charge on any atom is -0.459 e. The normalized spacial score (nSPS) is 14.9. The summed E-state index contributed by atoms with van der Waals surface area (Å²) in [5, 5.41) is 4.02. The van der Waals surface area contributed by atoms with Crippen molar-refractivity contribution in [3.05, 3.63) is 35.8 Å². The molecule has 2 atom stereocenters. The second kappa shape index (κ2) is 6.37. The van der Waals surface area contributed by atoms with Gasteiger partial charge >= 0.3 is 0 Å². The zero-order valence-electron chi connectivity index (χ0n) is 12.4. The third-order valence-corrected chi connectivity index (χ3v) is 3.46. The molecule has 20 heavy (non-hydrogen) atoms. The summed E-state index contributed by atoms with van der Waals surface area (Å²) in [4.78, 5) is 0. The van der Waals surface area contributed by atoms with Crippen LogP contribution in [0.2, 0.25) is 0 Å². The van der Waals surface area contributed by atoms with Crippen LogP contribution in [-0.2, 0) is 4.74 Å². The van der Waals surface area contributed by atoms with E-state index in [0.717, 1.165) is 11.1 Å². The summed E-state index contributed by atoms with van der Waals surface area (Å²) in [5.41, 5.74) is 0.695. The molecule has 0 bridgehead atoms. The van der Waals surface area contributed by atoms with Crippen molar-refractivity contribution >= 4 is 11.0 Å². The highest BCUT2D eigenvalue weighted by Crippen LogP contribution is 2.30. The zero-order chi connectivity index (χ0) is 14.7. The first-order chi connectivity index (χ1) is 9.56. The van der Waals surface area contributed by atoms with Gasteiger partial charge in [0.05, 0.1) is 12.1 Å². The van der Waals surface area contributed by atoms with Crippen molar-refractivity contribution < 1.29 is 13.5 Å². The van der Waals surface area contributed by atoms with Gasteiger partial charge in [0.2, 0.25) is 0 Å². The van der Waals surface area contributed by atoms with Crippen LogP contribution in [0.5, 0.6) is 0 Å². The van der Waals surface area contributed by atoms with E-state index in [9.17, 15) is 4.39 Å². The Morgan fingerprint density at radius 2 is 2.05 bits per heavy atom. The van der Waals surface area contributed by atoms with Crippen molar-refractivity contribution in [3.63, 3.8) is 0 Å². The van der Waals surface area contributed by atoms with Crippen molar-refractivity contribution in [3.8, 4) is 0 Å². The lowest BCUT2D eigenvalue weighted by molar-refractivity contribution is -0.00000169. The third kappa shape index (κ3) is 3.02. The van der Waals surface area contributed by atoms with E-state index in [0.29, 0.717) is 18.1 Å². The molecule has 4 heteroatoms. The van der Waals surface area contributed by atoms with Crippen LogP contribution in [0, 0.1) is 11.7 Å². The number of furan rings is 1. The first-order valence-corrected chi connectivity index (χ1v) is 7.04. The van der Waals surface area contributed by atoms with Crippen LogP contribution >= 0.6 is 0 Å². The number of fused-ring (bicyclic) bond motifs is 1. The molecule has 0 aliphatic heterocycles. The van der Waals surface area contributed by atoms with Crippen LogP contribution in [0.1, 0.15) is 32.6 Å². The molecule has 1 aromatic heterocycles. The highest BCUT2D eigenvalue weighted by Gasteiger charge is 2.28. The fourth-order valence-corrected chi connectivity index (χ4v) is 2.52. The number of hydrogen-bond donors (Lipinski definition) is 1. The Morgan fingerprint density at radius 3 is 2.65 bits per heavy atom. The van der Waals surface area contributed by atoms with E-state index in [1.807, 2.05) is 20.0 Å². The standard InChI is InChI=1S/C16H22FNO2/c1-5-19-16(10(2)3)15(18-4)14-9-11-8-12(17)6-7-13(11)20-14/h6-10,15-16,18H,5H2,1-4H3. The molecule has 0 aliphatic rings. The predicted molar refractivity (Wildman–Crippen MR) is 78.2 cm³/mol. The van der Waals surface area contributed by atoms with Gasteiger partial charge in [0.1, 0.15) is 17.2 Å². The van der Waals surface area contributed by atoms with Gasteiger partial charge in [-0.3, -0.25) is 0 Å². The van der Waals surface area contributed by atoms with Crippen molar-refractivity contribution in [1.82, 2.24) is 5.32 Å². The Bertz CT molecular complexity index is 565. The zero-order valence-corrected chi connectivity index (χ0v) is 12.4. The molecule has 0 spiro atoms. The maximum atomic E-state index is 13.3. The van der Waals surface area contributed by atoms with E-state index in [-0.39, 0.29) is 18.0 Å². The molecule has 0 amide bonds. The van der Waals surface area contributed by atoms with Gasteiger partial charge < -0.3 is 14.5 Å². The Labute approximate surface area is 119 Å². The summed E-state index contributed by atoms with van der Waals surface area (Å²) >= 11 is 0. The number of nitrogens with one attached hydrogen (secondary N) is 1. The SMILES string of the molecule is CCOC(C(C)C)C(NC)c1cc2cc(F)ccc2o1. The van der Waals surface area contributed by atoms with Gasteiger partial charge in [-0.2, -0.15) is 0 Å². The summed E-state index contributed by atoms with van der Waals surface area (Å²) < 4.78 is 24.9. The van der Waals surface area contributed by atoms with E-state index < -0.39 is 0 Å². The Kier molecular flexibility index (Phi) is 4.78. The molecule has 0 saturated carbocycles. The second-order valence-corrected chi connectivity index (χ2v) is 5.26. The van der Waals surface area contributed by atoms with Crippen molar-refractivity contribution in [2.45, 2.75) is 32.9 Å². The minimum absolute atomic E-state index is 0.00964. The predicted octanol–water partition coefficient (Wildman–Crippen LogP) is 3.89. The molecule has 2 rings (SSSR count). The summed E-state index contributed by atoms with van der Waals surface area (Å²) in [6.45, 7) is 6.87. The van der Waals surface area contributed by atoms with Crippen LogP contribution in [0.15, 0.2) is 28.7 Å². The average Bonchev–Trinajstić information content (AvgIpc) is 2.81. The molecular formula is C16H22FNO2. The second-order valence-electron chi connectivity index (χ2n) is 5.26. The number of rotatable bonds is 6. The van der Waals surface area contributed by atoms with E-state index in [1.54, 1.807) is 6.07 Å². The lowest BCUT2D eigenvalue weighted by atomic mass is 9.97. The monoisotopic (exact) mass is 279 g/mol. The van der Waals surface area contributed by atoms with Crippen LogP contribution in [0.25, 0.3) is 11.0 Å². The van der Waals surface area contributed by atoms with E-state index >= 15 is 0 Å². The Hall–Kier alpha value is -1.39. The molecule has 1 heterocycles. The highest BCUT2D eigenvalue weighted by molar-refractivity contribution is 5.78. The van der Waals surface area contributed by atoms with Gasteiger partial charge in [-0.25, -0.2) is 4.39 Å². The maximum absolute atomic E-state index is 13.3. The minimum atomic E-state index is -0.254. The molecular weight excluding hydrogens is 257 g/mol. The Morgan fingerprint density at radius 1 is 1.30 bits per heavy atom. The largest absolute Gasteiger partial charge is 0.459 e. The summed E-state index contributed by atoms with van der Waals surface area (Å²) in [6, 6.07) is 6.39. The first kappa shape index (κ1) is 15.0. The summed E-state index contributed by atoms with van der Waals surface area (Å²) in [6.07, 6.45) is 0.00964. The van der Waals surface area contributed by atoms with Gasteiger partial charge in [0.25, 0.3) is 0 Å². The molecule has 0 saturated heterocycles. The third-order valence-electron chi connectivity index (χ3n) is 3.46. The molecule has 0 aliphatic carbocycles. The topological polar surface area (TPSA) is 34.4 Å². The van der Waals surface area contributed by atoms with Gasteiger partial charge in [-0.05, 0) is 44.2 Å². The fourth-order valence-electron chi connectivity index (χ4n) is 2.52. The van der Waals surface area contributed by atoms with Gasteiger partial charge in [0.15, 0.2) is 0 Å². The van der Waals surface area contributed by atoms with E-state index in [2.05, 4.69) is 19.2 Å². The Balaban J connectivity index is 2.37. The van der Waals surface area contributed by atoms with Crippen LogP contribution < -0.4 is 5.32 Å². The lowest BCUT2D eigenvalue weighted by Crippen LogP contribution is -2.35. The molecule has 1 N–H and O–H groups in total. The summed E-state index contributed by atoms with van der Waals surface area (Å²) in [7, 11) is 1.88. The maximum Gasteiger partial charge on any atom is 0.134 e. The van der Waals surface area contributed by atoms with Crippen LogP contribution in [0.3, 0.4) is 0 Å². The molecule has 3 nitrogen and oxygen atoms in total. The lowest BCUT2D eigenvalue weighted by Gasteiger charge is -2.28. The number of benzene rings is 1. The molecule has 110 valence electrons. The quantitative estimate of drug-likeness (QED) is 0.871. The molecule has 0 radical (unpaired) electrons. The van der Waals surface area contributed by atoms with Crippen LogP contribution in [-0.4, -0.2) is 19.8 Å². The highest BCUT2D eigenvalue weighted by atomic mass is 19.1. The van der Waals surface area contributed by atoms with Crippen LogP contribution in [0.4, 0.5) is 4.39 Å². The number of likely N-dealkylation sites (N-methyl/N-ethyl adjacent to an activating group) is 1. The molecule has 0 fully saturated rings. The van der Waals surface area contributed by atoms with Crippen molar-refractivity contribution in [2.75, 3.05) is 13.7 Å². The molecule has 2 aromatic rings. The number of halogens is 1. The van der Waals surface area contributed by atoms with Gasteiger partial charge in [-0.1, -0.05) is 13.8 Å². The van der Waals surface area contributed by atoms with E-state index in [1.165, 1.54) is 12.1 Å². The van der Waals surface area contributed by atoms with Crippen molar-refractivity contribution in [2.24, 2.45) is 5.92 Å². The fraction of sp³-hybridized carbons (Fsp3) is 0.500. The molecule has 2 unspecified atom stereocenters. The number of ether oxygens (including phenoxy) is 1. The first-order valence-electron chi connectivity index (χ1n) is 7.04. The average molecular weight is 279 g/mol. The smallest absolute Gasteiger partial charge is 0.134 e. The number of hydrogen-bond acceptors (Lipinski definition) is 3. The van der Waals surface area contributed by atoms with E-state index in [4.69, 9.17) is 9.15 Å². The molecule has 1 aromatic carbocycles. The van der Waals surface area contributed by atoms with Gasteiger partial charge in [0, 0.05) is 12.0 Å². The van der Waals surface area contributed by atoms with Crippen molar-refractivity contribution in [1.29, 1.82) is 0 Å². The van der Waals surface area contributed by atoms with Gasteiger partial charge in [-0.15, -0.1) is 0 Å². The summed E-state index contributed by atoms with van der Waals surface area (Å²) in [5.74, 6) is 0.869.